The minimum absolute atomic E-state index is 0.101. The largest absolute Gasteiger partial charge is 0.360 e. The fourth-order valence-corrected chi connectivity index (χ4v) is 3.32. The molecule has 2 rings (SSSR count). The average molecular weight is 314 g/mol. The Hall–Kier alpha value is -0.810. The van der Waals surface area contributed by atoms with Gasteiger partial charge in [-0.15, -0.1) is 0 Å². The number of nitrogens with two attached hydrogens (primary N) is 1. The number of rotatable bonds is 1. The summed E-state index contributed by atoms with van der Waals surface area (Å²) >= 11 is 4.38. The molecule has 1 aliphatic carbocycles. The SMILES string of the molecule is CC1CC(=O)c2c(SC(N)=O)ccc(Br)c2C1. The number of Topliss-reactive ketones (excluding diaryl/α,β-unsaturated/α-hetero) is 1. The summed E-state index contributed by atoms with van der Waals surface area (Å²) in [6, 6.07) is 3.64. The maximum atomic E-state index is 12.1. The summed E-state index contributed by atoms with van der Waals surface area (Å²) in [5.41, 5.74) is 6.84. The molecule has 90 valence electrons. The van der Waals surface area contributed by atoms with Gasteiger partial charge in [0.15, 0.2) is 5.78 Å². The second-order valence-electron chi connectivity index (χ2n) is 4.26. The Labute approximate surface area is 112 Å². The standard InChI is InChI=1S/C12H12BrNO2S/c1-6-4-7-8(13)2-3-10(17-12(14)16)11(7)9(15)5-6/h2-3,6H,4-5H2,1H3,(H2,14,16). The zero-order valence-corrected chi connectivity index (χ0v) is 11.7. The van der Waals surface area contributed by atoms with Crippen LogP contribution in [0.2, 0.25) is 0 Å². The van der Waals surface area contributed by atoms with Crippen LogP contribution in [0.15, 0.2) is 21.5 Å². The number of benzene rings is 1. The lowest BCUT2D eigenvalue weighted by molar-refractivity contribution is 0.0950. The average Bonchev–Trinajstić information content (AvgIpc) is 2.21. The number of halogens is 1. The number of fused-ring (bicyclic) bond motifs is 1. The molecule has 3 nitrogen and oxygen atoms in total. The first-order valence-electron chi connectivity index (χ1n) is 5.31. The molecule has 0 fully saturated rings. The third-order valence-electron chi connectivity index (χ3n) is 2.79. The third-order valence-corrected chi connectivity index (χ3v) is 4.30. The van der Waals surface area contributed by atoms with E-state index in [2.05, 4.69) is 22.9 Å². The van der Waals surface area contributed by atoms with Crippen LogP contribution in [0.1, 0.15) is 29.3 Å². The smallest absolute Gasteiger partial charge is 0.281 e. The molecule has 0 aliphatic heterocycles. The molecule has 0 heterocycles. The summed E-state index contributed by atoms with van der Waals surface area (Å²) in [6.07, 6.45) is 1.39. The molecule has 0 saturated carbocycles. The fourth-order valence-electron chi connectivity index (χ4n) is 2.14. The molecule has 0 saturated heterocycles. The van der Waals surface area contributed by atoms with E-state index < -0.39 is 5.24 Å². The van der Waals surface area contributed by atoms with Crippen LogP contribution >= 0.6 is 27.7 Å². The van der Waals surface area contributed by atoms with Gasteiger partial charge in [0, 0.05) is 21.4 Å². The monoisotopic (exact) mass is 313 g/mol. The van der Waals surface area contributed by atoms with E-state index in [1.165, 1.54) is 0 Å². The predicted octanol–water partition coefficient (Wildman–Crippen LogP) is 3.38. The van der Waals surface area contributed by atoms with Gasteiger partial charge in [-0.2, -0.15) is 0 Å². The molecule has 0 bridgehead atoms. The first-order chi connectivity index (χ1) is 7.99. The van der Waals surface area contributed by atoms with Gasteiger partial charge in [0.05, 0.1) is 0 Å². The minimum atomic E-state index is -0.485. The van der Waals surface area contributed by atoms with Gasteiger partial charge in [-0.3, -0.25) is 9.59 Å². The second kappa shape index (κ2) is 4.82. The molecular formula is C12H12BrNO2S. The quantitative estimate of drug-likeness (QED) is 0.808. The van der Waals surface area contributed by atoms with Crippen LogP contribution < -0.4 is 5.73 Å². The molecule has 1 amide bonds. The molecule has 1 unspecified atom stereocenters. The molecule has 0 spiro atoms. The molecule has 1 aliphatic rings. The van der Waals surface area contributed by atoms with Crippen LogP contribution in [-0.2, 0) is 6.42 Å². The lowest BCUT2D eigenvalue weighted by Crippen LogP contribution is -2.20. The van der Waals surface area contributed by atoms with E-state index in [0.29, 0.717) is 22.8 Å². The second-order valence-corrected chi connectivity index (χ2v) is 6.16. The van der Waals surface area contributed by atoms with E-state index in [1.54, 1.807) is 6.07 Å². The summed E-state index contributed by atoms with van der Waals surface area (Å²) in [4.78, 5) is 23.7. The van der Waals surface area contributed by atoms with Crippen molar-refractivity contribution in [1.29, 1.82) is 0 Å². The van der Waals surface area contributed by atoms with Crippen molar-refractivity contribution < 1.29 is 9.59 Å². The Morgan fingerprint density at radius 1 is 1.47 bits per heavy atom. The van der Waals surface area contributed by atoms with Gasteiger partial charge in [-0.1, -0.05) is 22.9 Å². The van der Waals surface area contributed by atoms with Crippen LogP contribution in [0.3, 0.4) is 0 Å². The number of hydrogen-bond acceptors (Lipinski definition) is 3. The van der Waals surface area contributed by atoms with Gasteiger partial charge in [-0.05, 0) is 41.8 Å². The number of hydrogen-bond donors (Lipinski definition) is 1. The Morgan fingerprint density at radius 2 is 2.18 bits per heavy atom. The van der Waals surface area contributed by atoms with E-state index >= 15 is 0 Å². The van der Waals surface area contributed by atoms with Crippen molar-refractivity contribution >= 4 is 38.7 Å². The van der Waals surface area contributed by atoms with Gasteiger partial charge in [0.2, 0.25) is 0 Å². The van der Waals surface area contributed by atoms with Crippen LogP contribution in [0.25, 0.3) is 0 Å². The number of carbonyl (C=O) groups is 2. The molecule has 1 atom stereocenters. The summed E-state index contributed by atoms with van der Waals surface area (Å²) < 4.78 is 0.932. The van der Waals surface area contributed by atoms with Crippen molar-refractivity contribution in [2.75, 3.05) is 0 Å². The number of amides is 1. The molecule has 5 heteroatoms. The summed E-state index contributed by atoms with van der Waals surface area (Å²) in [5.74, 6) is 0.448. The highest BCUT2D eigenvalue weighted by atomic mass is 79.9. The van der Waals surface area contributed by atoms with Crippen LogP contribution in [0, 0.1) is 5.92 Å². The highest BCUT2D eigenvalue weighted by Crippen LogP contribution is 2.37. The number of ketones is 1. The van der Waals surface area contributed by atoms with E-state index in [-0.39, 0.29) is 5.78 Å². The molecule has 2 N–H and O–H groups in total. The summed E-state index contributed by atoms with van der Waals surface area (Å²) in [7, 11) is 0. The lowest BCUT2D eigenvalue weighted by Gasteiger charge is -2.23. The summed E-state index contributed by atoms with van der Waals surface area (Å²) in [6.45, 7) is 2.06. The van der Waals surface area contributed by atoms with Crippen molar-refractivity contribution in [3.63, 3.8) is 0 Å². The Kier molecular flexibility index (Phi) is 3.58. The van der Waals surface area contributed by atoms with Gasteiger partial charge in [0.25, 0.3) is 5.24 Å². The normalized spacial score (nSPS) is 18.9. The lowest BCUT2D eigenvalue weighted by atomic mass is 9.84. The first kappa shape index (κ1) is 12.6. The van der Waals surface area contributed by atoms with Gasteiger partial charge in [0.1, 0.15) is 0 Å². The van der Waals surface area contributed by atoms with Crippen molar-refractivity contribution in [2.24, 2.45) is 11.7 Å². The first-order valence-corrected chi connectivity index (χ1v) is 6.92. The number of thioether (sulfide) groups is 1. The van der Waals surface area contributed by atoms with E-state index in [1.807, 2.05) is 6.07 Å². The van der Waals surface area contributed by atoms with Gasteiger partial charge < -0.3 is 5.73 Å². The van der Waals surface area contributed by atoms with Crippen molar-refractivity contribution in [1.82, 2.24) is 0 Å². The predicted molar refractivity (Wildman–Crippen MR) is 71.4 cm³/mol. The van der Waals surface area contributed by atoms with Crippen molar-refractivity contribution in [3.8, 4) is 0 Å². The van der Waals surface area contributed by atoms with Gasteiger partial charge in [-0.25, -0.2) is 0 Å². The highest BCUT2D eigenvalue weighted by molar-refractivity contribution is 9.10. The summed E-state index contributed by atoms with van der Waals surface area (Å²) in [5, 5.41) is -0.485. The molecular weight excluding hydrogens is 302 g/mol. The zero-order chi connectivity index (χ0) is 12.6. The maximum absolute atomic E-state index is 12.1. The Morgan fingerprint density at radius 3 is 2.82 bits per heavy atom. The van der Waals surface area contributed by atoms with E-state index in [0.717, 1.165) is 28.2 Å². The van der Waals surface area contributed by atoms with Crippen LogP contribution in [-0.4, -0.2) is 11.0 Å². The Bertz CT molecular complexity index is 502. The Balaban J connectivity index is 2.54. The molecule has 0 aromatic heterocycles. The molecule has 1 aromatic rings. The highest BCUT2D eigenvalue weighted by Gasteiger charge is 2.27. The van der Waals surface area contributed by atoms with Crippen molar-refractivity contribution in [2.45, 2.75) is 24.7 Å². The van der Waals surface area contributed by atoms with Gasteiger partial charge >= 0.3 is 0 Å². The van der Waals surface area contributed by atoms with Crippen LogP contribution in [0.4, 0.5) is 4.79 Å². The zero-order valence-electron chi connectivity index (χ0n) is 9.33. The van der Waals surface area contributed by atoms with E-state index in [9.17, 15) is 9.59 Å². The third kappa shape index (κ3) is 2.55. The minimum Gasteiger partial charge on any atom is -0.360 e. The molecule has 0 radical (unpaired) electrons. The van der Waals surface area contributed by atoms with E-state index in [4.69, 9.17) is 5.73 Å². The maximum Gasteiger partial charge on any atom is 0.281 e. The number of carbonyl (C=O) groups excluding carboxylic acids is 2. The van der Waals surface area contributed by atoms with Crippen LogP contribution in [0.5, 0.6) is 0 Å². The fraction of sp³-hybridized carbons (Fsp3) is 0.333. The number of primary amides is 1. The molecule has 1 aromatic carbocycles. The topological polar surface area (TPSA) is 60.2 Å². The van der Waals surface area contributed by atoms with Crippen molar-refractivity contribution in [3.05, 3.63) is 27.7 Å². The molecule has 17 heavy (non-hydrogen) atoms.